The Bertz CT molecular complexity index is 2170. The summed E-state index contributed by atoms with van der Waals surface area (Å²) in [5.74, 6) is -2.35. The summed E-state index contributed by atoms with van der Waals surface area (Å²) in [5.41, 5.74) is 0. The fourth-order valence-corrected chi connectivity index (χ4v) is 11.0. The average molecular weight is 1370 g/mol. The van der Waals surface area contributed by atoms with Gasteiger partial charge in [0.25, 0.3) is 0 Å². The van der Waals surface area contributed by atoms with Crippen LogP contribution in [0.1, 0.15) is 297 Å². The van der Waals surface area contributed by atoms with Crippen LogP contribution in [0.15, 0.2) is 97.2 Å². The smallest absolute Gasteiger partial charge is 0.462 e. The monoisotopic (exact) mass is 1360 g/mol. The van der Waals surface area contributed by atoms with Crippen LogP contribution in [0.5, 0.6) is 0 Å². The molecule has 0 aromatic rings. The van der Waals surface area contributed by atoms with Crippen molar-refractivity contribution in [1.29, 1.82) is 0 Å². The minimum atomic E-state index is -4.99. The van der Waals surface area contributed by atoms with Crippen LogP contribution in [-0.2, 0) is 65.4 Å². The third kappa shape index (κ3) is 66.6. The van der Waals surface area contributed by atoms with Gasteiger partial charge in [0.2, 0.25) is 0 Å². The predicted molar refractivity (Wildman–Crippen MR) is 381 cm³/mol. The molecule has 0 radical (unpaired) electrons. The van der Waals surface area contributed by atoms with Crippen molar-refractivity contribution in [2.45, 2.75) is 316 Å². The van der Waals surface area contributed by atoms with Crippen LogP contribution in [0.25, 0.3) is 0 Å². The lowest BCUT2D eigenvalue weighted by molar-refractivity contribution is -0.161. The van der Waals surface area contributed by atoms with Crippen LogP contribution < -0.4 is 0 Å². The van der Waals surface area contributed by atoms with Crippen molar-refractivity contribution < 1.29 is 80.2 Å². The summed E-state index contributed by atoms with van der Waals surface area (Å²) in [6.07, 6.45) is 68.8. The molecule has 3 N–H and O–H groups in total. The summed E-state index contributed by atoms with van der Waals surface area (Å²) in [5, 5.41) is 10.6. The highest BCUT2D eigenvalue weighted by Crippen LogP contribution is 2.45. The number of carbonyl (C=O) groups is 4. The van der Waals surface area contributed by atoms with Gasteiger partial charge in [0.1, 0.15) is 19.3 Å². The first-order valence-electron chi connectivity index (χ1n) is 36.5. The molecular formula is C75H130O17P2. The van der Waals surface area contributed by atoms with E-state index >= 15 is 0 Å². The maximum absolute atomic E-state index is 13.0. The Morgan fingerprint density at radius 2 is 0.606 bits per heavy atom. The molecule has 0 saturated heterocycles. The van der Waals surface area contributed by atoms with Crippen LogP contribution in [0.2, 0.25) is 0 Å². The molecule has 542 valence electrons. The Kier molecular flexibility index (Phi) is 64.7. The van der Waals surface area contributed by atoms with Crippen LogP contribution in [-0.4, -0.2) is 96.7 Å². The number of rotatable bonds is 68. The summed E-state index contributed by atoms with van der Waals surface area (Å²) >= 11 is 0. The Morgan fingerprint density at radius 3 is 0.979 bits per heavy atom. The zero-order valence-corrected chi connectivity index (χ0v) is 60.7. The molecule has 0 heterocycles. The minimum absolute atomic E-state index is 0.0644. The first kappa shape index (κ1) is 90.0. The summed E-state index contributed by atoms with van der Waals surface area (Å²) in [7, 11) is -9.97. The van der Waals surface area contributed by atoms with Crippen LogP contribution in [0.4, 0.5) is 0 Å². The lowest BCUT2D eigenvalue weighted by Crippen LogP contribution is -2.30. The number of carbonyl (C=O) groups excluding carboxylic acids is 4. The number of ether oxygens (including phenoxy) is 4. The molecular weight excluding hydrogens is 1230 g/mol. The second-order valence-corrected chi connectivity index (χ2v) is 27.1. The normalized spacial score (nSPS) is 14.6. The fourth-order valence-electron chi connectivity index (χ4n) is 9.44. The molecule has 0 fully saturated rings. The van der Waals surface area contributed by atoms with E-state index in [9.17, 15) is 43.2 Å². The lowest BCUT2D eigenvalue weighted by Gasteiger charge is -2.21. The Balaban J connectivity index is 5.39. The summed E-state index contributed by atoms with van der Waals surface area (Å²) in [6, 6.07) is 0. The van der Waals surface area contributed by atoms with Crippen molar-refractivity contribution in [3.63, 3.8) is 0 Å². The number of unbranched alkanes of at least 4 members (excludes halogenated alkanes) is 27. The van der Waals surface area contributed by atoms with Crippen LogP contribution in [0, 0.1) is 0 Å². The molecule has 0 aliphatic rings. The molecule has 0 bridgehead atoms. The molecule has 0 saturated carbocycles. The first-order chi connectivity index (χ1) is 45.7. The molecule has 19 heteroatoms. The number of phosphoric acid groups is 2. The average Bonchev–Trinajstić information content (AvgIpc) is 1.35. The number of phosphoric ester groups is 2. The topological polar surface area (TPSA) is 237 Å². The van der Waals surface area contributed by atoms with Crippen molar-refractivity contribution in [2.24, 2.45) is 0 Å². The van der Waals surface area contributed by atoms with Gasteiger partial charge in [0, 0.05) is 19.3 Å². The predicted octanol–water partition coefficient (Wildman–Crippen LogP) is 20.4. The third-order valence-corrected chi connectivity index (χ3v) is 16.9. The third-order valence-electron chi connectivity index (χ3n) is 15.0. The molecule has 5 atom stereocenters. The molecule has 17 nitrogen and oxygen atoms in total. The Morgan fingerprint density at radius 1 is 0.319 bits per heavy atom. The van der Waals surface area contributed by atoms with E-state index in [2.05, 4.69) is 101 Å². The van der Waals surface area contributed by atoms with Gasteiger partial charge in [-0.2, -0.15) is 0 Å². The van der Waals surface area contributed by atoms with Gasteiger partial charge in [-0.05, 0) is 122 Å². The molecule has 94 heavy (non-hydrogen) atoms. The SMILES string of the molecule is CC/C=C\C/C=C\C/C=C\C/C=C\C/C=C\CC(=O)OCC(COP(=O)(O)OCC(O)COP(=O)(O)OCC(COC(=O)CCCCCCC/C=C\CCCCCCCC)OC(=O)CCCCCCC/C=C\CCCCCC)OC(=O)CCCCCCC/C=C\CCCC. The van der Waals surface area contributed by atoms with Gasteiger partial charge in [0.15, 0.2) is 12.2 Å². The molecule has 0 aromatic carbocycles. The van der Waals surface area contributed by atoms with E-state index in [1.807, 2.05) is 18.2 Å². The summed E-state index contributed by atoms with van der Waals surface area (Å²) in [6.45, 7) is 4.55. The van der Waals surface area contributed by atoms with E-state index in [0.717, 1.165) is 141 Å². The molecule has 0 aliphatic heterocycles. The zero-order valence-electron chi connectivity index (χ0n) is 58.9. The van der Waals surface area contributed by atoms with E-state index < -0.39 is 97.5 Å². The van der Waals surface area contributed by atoms with Gasteiger partial charge in [-0.3, -0.25) is 37.3 Å². The van der Waals surface area contributed by atoms with Gasteiger partial charge >= 0.3 is 39.5 Å². The van der Waals surface area contributed by atoms with Crippen molar-refractivity contribution >= 4 is 39.5 Å². The van der Waals surface area contributed by atoms with Crippen LogP contribution >= 0.6 is 15.6 Å². The lowest BCUT2D eigenvalue weighted by atomic mass is 10.1. The Labute approximate surface area is 569 Å². The number of hydrogen-bond donors (Lipinski definition) is 3. The maximum atomic E-state index is 13.0. The largest absolute Gasteiger partial charge is 0.472 e. The van der Waals surface area contributed by atoms with Crippen molar-refractivity contribution in [3.8, 4) is 0 Å². The number of aliphatic hydroxyl groups is 1. The minimum Gasteiger partial charge on any atom is -0.462 e. The second kappa shape index (κ2) is 67.5. The highest BCUT2D eigenvalue weighted by molar-refractivity contribution is 7.47. The molecule has 5 unspecified atom stereocenters. The van der Waals surface area contributed by atoms with Gasteiger partial charge < -0.3 is 33.8 Å². The van der Waals surface area contributed by atoms with E-state index in [1.54, 1.807) is 6.08 Å². The van der Waals surface area contributed by atoms with Crippen molar-refractivity contribution in [1.82, 2.24) is 0 Å². The number of allylic oxidation sites excluding steroid dienone is 15. The summed E-state index contributed by atoms with van der Waals surface area (Å²) < 4.78 is 68.1. The molecule has 0 rings (SSSR count). The second-order valence-electron chi connectivity index (χ2n) is 24.2. The van der Waals surface area contributed by atoms with Gasteiger partial charge in [-0.25, -0.2) is 9.13 Å². The van der Waals surface area contributed by atoms with Crippen molar-refractivity contribution in [2.75, 3.05) is 39.6 Å². The van der Waals surface area contributed by atoms with E-state index in [-0.39, 0.29) is 25.7 Å². The quantitative estimate of drug-likeness (QED) is 0.0169. The Hall–Kier alpha value is -4.02. The van der Waals surface area contributed by atoms with E-state index in [1.165, 1.54) is 77.0 Å². The highest BCUT2D eigenvalue weighted by atomic mass is 31.2. The summed E-state index contributed by atoms with van der Waals surface area (Å²) in [4.78, 5) is 72.6. The molecule has 0 aromatic heterocycles. The number of aliphatic hydroxyl groups excluding tert-OH is 1. The number of esters is 4. The van der Waals surface area contributed by atoms with Gasteiger partial charge in [0.05, 0.1) is 32.8 Å². The zero-order chi connectivity index (χ0) is 69.0. The van der Waals surface area contributed by atoms with Gasteiger partial charge in [-0.15, -0.1) is 0 Å². The van der Waals surface area contributed by atoms with E-state index in [0.29, 0.717) is 25.7 Å². The van der Waals surface area contributed by atoms with Crippen molar-refractivity contribution in [3.05, 3.63) is 97.2 Å². The van der Waals surface area contributed by atoms with E-state index in [4.69, 9.17) is 37.0 Å². The molecule has 0 spiro atoms. The molecule has 0 aliphatic carbocycles. The fraction of sp³-hybridized carbons (Fsp3) is 0.733. The maximum Gasteiger partial charge on any atom is 0.472 e. The first-order valence-corrected chi connectivity index (χ1v) is 39.5. The standard InChI is InChI=1S/C75H130O17P2/c1-5-9-13-17-21-25-29-32-34-37-40-43-47-51-55-59-72(77)85-65-70(91-74(79)61-57-53-49-45-39-28-24-20-16-12-8-4)67-89-93(81,82)87-63-69(76)64-88-94(83,84)90-68-71(92-75(80)62-58-54-50-46-42-36-31-27-23-19-15-11-7-3)66-86-73(78)60-56-52-48-44-41-38-35-33-30-26-22-18-14-10-6-2/h9,13,20-21,24-25,27,31-35,40,43,51,55,69-71,76H,5-8,10-12,14-19,22-23,26,28-30,36-39,41-42,44-50,52-54,56-68H2,1-4H3,(H,81,82)(H,83,84)/b13-9-,24-20-,25-21-,31-27-,34-32-,35-33-,43-40-,55-51-. The van der Waals surface area contributed by atoms with Crippen LogP contribution in [0.3, 0.4) is 0 Å². The molecule has 0 amide bonds. The van der Waals surface area contributed by atoms with Gasteiger partial charge in [-0.1, -0.05) is 247 Å². The number of hydrogen-bond acceptors (Lipinski definition) is 15. The highest BCUT2D eigenvalue weighted by Gasteiger charge is 2.30.